The zero-order valence-corrected chi connectivity index (χ0v) is 16.0. The quantitative estimate of drug-likeness (QED) is 0.692. The number of carbonyl (C=O) groups excluding carboxylic acids is 2. The minimum absolute atomic E-state index is 0.0530. The fraction of sp³-hybridized carbons (Fsp3) is 0.474. The first-order valence-corrected chi connectivity index (χ1v) is 9.40. The van der Waals surface area contributed by atoms with Crippen molar-refractivity contribution >= 4 is 40.7 Å². The average molecular weight is 383 g/mol. The monoisotopic (exact) mass is 382 g/mol. The predicted octanol–water partition coefficient (Wildman–Crippen LogP) is 4.74. The van der Waals surface area contributed by atoms with E-state index < -0.39 is 0 Å². The maximum absolute atomic E-state index is 12.0. The van der Waals surface area contributed by atoms with Gasteiger partial charge in [0, 0.05) is 32.1 Å². The van der Waals surface area contributed by atoms with Crippen molar-refractivity contribution in [1.82, 2.24) is 5.32 Å². The molecule has 136 valence electrons. The van der Waals surface area contributed by atoms with Crippen LogP contribution in [0.1, 0.15) is 45.4 Å². The first kappa shape index (κ1) is 19.8. The van der Waals surface area contributed by atoms with Crippen LogP contribution in [0.5, 0.6) is 0 Å². The van der Waals surface area contributed by atoms with Gasteiger partial charge < -0.3 is 10.2 Å². The van der Waals surface area contributed by atoms with Gasteiger partial charge in [0.05, 0.1) is 10.0 Å². The highest BCUT2D eigenvalue weighted by molar-refractivity contribution is 6.42. The molecule has 0 bridgehead atoms. The Labute approximate surface area is 159 Å². The number of hydrogen-bond acceptors (Lipinski definition) is 2. The van der Waals surface area contributed by atoms with Crippen LogP contribution < -0.4 is 10.2 Å². The Bertz CT molecular complexity index is 659. The number of benzene rings is 1. The van der Waals surface area contributed by atoms with E-state index in [-0.39, 0.29) is 18.2 Å². The lowest BCUT2D eigenvalue weighted by Gasteiger charge is -2.21. The summed E-state index contributed by atoms with van der Waals surface area (Å²) in [5, 5.41) is 3.75. The molecular formula is C19H24Cl2N2O2. The largest absolute Gasteiger partial charge is 0.356 e. The number of allylic oxidation sites excluding steroid dienone is 1. The molecular weight excluding hydrogens is 359 g/mol. The highest BCUT2D eigenvalue weighted by Crippen LogP contribution is 2.27. The van der Waals surface area contributed by atoms with Crippen LogP contribution >= 0.6 is 23.2 Å². The molecule has 2 rings (SSSR count). The van der Waals surface area contributed by atoms with Crippen LogP contribution in [0, 0.1) is 0 Å². The zero-order valence-electron chi connectivity index (χ0n) is 14.5. The highest BCUT2D eigenvalue weighted by atomic mass is 35.5. The number of anilines is 1. The second-order valence-electron chi connectivity index (χ2n) is 6.23. The molecule has 2 amide bonds. The second kappa shape index (κ2) is 9.83. The Kier molecular flexibility index (Phi) is 7.79. The number of rotatable bonds is 7. The van der Waals surface area contributed by atoms with E-state index in [0.29, 0.717) is 28.8 Å². The van der Waals surface area contributed by atoms with E-state index in [1.54, 1.807) is 18.2 Å². The fourth-order valence-electron chi connectivity index (χ4n) is 2.92. The molecule has 1 aliphatic rings. The van der Waals surface area contributed by atoms with Gasteiger partial charge in [-0.15, -0.1) is 0 Å². The minimum atomic E-state index is -0.140. The number of amides is 2. The number of nitrogens with zero attached hydrogens (tertiary/aromatic N) is 1. The Morgan fingerprint density at radius 3 is 2.64 bits per heavy atom. The van der Waals surface area contributed by atoms with Crippen molar-refractivity contribution in [3.05, 3.63) is 39.9 Å². The van der Waals surface area contributed by atoms with Gasteiger partial charge in [0.25, 0.3) is 0 Å². The third-order valence-electron chi connectivity index (χ3n) is 4.31. The Hall–Kier alpha value is -1.52. The third kappa shape index (κ3) is 6.37. The van der Waals surface area contributed by atoms with Gasteiger partial charge in [0.2, 0.25) is 11.8 Å². The smallest absolute Gasteiger partial charge is 0.223 e. The predicted molar refractivity (Wildman–Crippen MR) is 103 cm³/mol. The molecule has 1 aromatic rings. The summed E-state index contributed by atoms with van der Waals surface area (Å²) in [6.45, 7) is 2.43. The van der Waals surface area contributed by atoms with E-state index in [2.05, 4.69) is 11.4 Å². The molecule has 1 aliphatic carbocycles. The van der Waals surface area contributed by atoms with Crippen LogP contribution in [0.4, 0.5) is 5.69 Å². The molecule has 0 fully saturated rings. The molecule has 0 heterocycles. The molecule has 0 unspecified atom stereocenters. The Morgan fingerprint density at radius 1 is 1.20 bits per heavy atom. The number of carbonyl (C=O) groups is 2. The second-order valence-corrected chi connectivity index (χ2v) is 7.04. The summed E-state index contributed by atoms with van der Waals surface area (Å²) in [5.41, 5.74) is 2.08. The normalized spacial score (nSPS) is 14.0. The molecule has 0 saturated carbocycles. The van der Waals surface area contributed by atoms with Crippen LogP contribution in [0.3, 0.4) is 0 Å². The van der Waals surface area contributed by atoms with Crippen molar-refractivity contribution in [2.45, 2.75) is 45.4 Å². The van der Waals surface area contributed by atoms with Crippen LogP contribution in [-0.4, -0.2) is 24.9 Å². The van der Waals surface area contributed by atoms with Gasteiger partial charge in [-0.1, -0.05) is 34.9 Å². The molecule has 6 heteroatoms. The Balaban J connectivity index is 1.81. The molecule has 0 atom stereocenters. The summed E-state index contributed by atoms with van der Waals surface area (Å²) in [5.74, 6) is -0.193. The molecule has 25 heavy (non-hydrogen) atoms. The third-order valence-corrected chi connectivity index (χ3v) is 5.05. The number of hydrogen-bond donors (Lipinski definition) is 1. The van der Waals surface area contributed by atoms with Crippen molar-refractivity contribution in [3.8, 4) is 0 Å². The van der Waals surface area contributed by atoms with Crippen LogP contribution in [0.2, 0.25) is 10.0 Å². The average Bonchev–Trinajstić information content (AvgIpc) is 2.59. The van der Waals surface area contributed by atoms with Crippen molar-refractivity contribution in [2.75, 3.05) is 18.0 Å². The molecule has 0 saturated heterocycles. The van der Waals surface area contributed by atoms with E-state index in [4.69, 9.17) is 23.2 Å². The van der Waals surface area contributed by atoms with Crippen molar-refractivity contribution < 1.29 is 9.59 Å². The van der Waals surface area contributed by atoms with Crippen LogP contribution in [0.25, 0.3) is 0 Å². The van der Waals surface area contributed by atoms with Crippen molar-refractivity contribution in [3.63, 3.8) is 0 Å². The maximum atomic E-state index is 12.0. The summed E-state index contributed by atoms with van der Waals surface area (Å²) < 4.78 is 0. The lowest BCUT2D eigenvalue weighted by molar-refractivity contribution is -0.121. The van der Waals surface area contributed by atoms with Gasteiger partial charge in [-0.25, -0.2) is 0 Å². The summed E-state index contributed by atoms with van der Waals surface area (Å²) >= 11 is 11.9. The van der Waals surface area contributed by atoms with Gasteiger partial charge in [0.1, 0.15) is 0 Å². The number of halogens is 2. The molecule has 4 nitrogen and oxygen atoms in total. The van der Waals surface area contributed by atoms with Crippen LogP contribution in [-0.2, 0) is 9.59 Å². The molecule has 1 N–H and O–H groups in total. The van der Waals surface area contributed by atoms with E-state index in [9.17, 15) is 9.59 Å². The molecule has 0 radical (unpaired) electrons. The van der Waals surface area contributed by atoms with Crippen molar-refractivity contribution in [2.24, 2.45) is 0 Å². The standard InChI is InChI=1S/C19H24Cl2N2O2/c1-14(24)23(16-7-8-17(20)18(21)13-16)12-10-19(25)22-11-9-15-5-3-2-4-6-15/h5,7-8,13H,2-4,6,9-12H2,1H3,(H,22,25). The highest BCUT2D eigenvalue weighted by Gasteiger charge is 2.14. The molecule has 0 aromatic heterocycles. The van der Waals surface area contributed by atoms with E-state index >= 15 is 0 Å². The number of nitrogens with one attached hydrogen (secondary N) is 1. The lowest BCUT2D eigenvalue weighted by Crippen LogP contribution is -2.34. The zero-order chi connectivity index (χ0) is 18.2. The first-order chi connectivity index (χ1) is 12.0. The van der Waals surface area contributed by atoms with E-state index in [0.717, 1.165) is 19.3 Å². The maximum Gasteiger partial charge on any atom is 0.223 e. The Morgan fingerprint density at radius 2 is 2.00 bits per heavy atom. The summed E-state index contributed by atoms with van der Waals surface area (Å²) in [7, 11) is 0. The molecule has 0 spiro atoms. The van der Waals surface area contributed by atoms with E-state index in [1.165, 1.54) is 30.2 Å². The van der Waals surface area contributed by atoms with Crippen LogP contribution in [0.15, 0.2) is 29.8 Å². The van der Waals surface area contributed by atoms with Gasteiger partial charge >= 0.3 is 0 Å². The van der Waals surface area contributed by atoms with Gasteiger partial charge in [-0.2, -0.15) is 0 Å². The SMILES string of the molecule is CC(=O)N(CCC(=O)NCCC1=CCCCC1)c1ccc(Cl)c(Cl)c1. The van der Waals surface area contributed by atoms with E-state index in [1.807, 2.05) is 0 Å². The lowest BCUT2D eigenvalue weighted by atomic mass is 9.97. The minimum Gasteiger partial charge on any atom is -0.356 e. The molecule has 0 aliphatic heterocycles. The fourth-order valence-corrected chi connectivity index (χ4v) is 3.21. The summed E-state index contributed by atoms with van der Waals surface area (Å²) in [6.07, 6.45) is 8.26. The van der Waals surface area contributed by atoms with Gasteiger partial charge in [-0.3, -0.25) is 9.59 Å². The van der Waals surface area contributed by atoms with Crippen molar-refractivity contribution in [1.29, 1.82) is 0 Å². The first-order valence-electron chi connectivity index (χ1n) is 8.65. The summed E-state index contributed by atoms with van der Waals surface area (Å²) in [6, 6.07) is 5.01. The van der Waals surface area contributed by atoms with Gasteiger partial charge in [0.15, 0.2) is 0 Å². The van der Waals surface area contributed by atoms with Gasteiger partial charge in [-0.05, 0) is 50.3 Å². The topological polar surface area (TPSA) is 49.4 Å². The molecule has 1 aromatic carbocycles. The summed E-state index contributed by atoms with van der Waals surface area (Å²) in [4.78, 5) is 25.5.